The number of halogens is 2. The zero-order chi connectivity index (χ0) is 11.5. The third-order valence-corrected chi connectivity index (χ3v) is 6.64. The van der Waals surface area contributed by atoms with E-state index in [0.717, 1.165) is 12.8 Å². The Bertz CT molecular complexity index is 298. The minimum absolute atomic E-state index is 0.471. The predicted octanol–water partition coefficient (Wildman–Crippen LogP) is 1.47. The highest BCUT2D eigenvalue weighted by Gasteiger charge is 2.32. The molecule has 1 fully saturated rings. The largest absolute Gasteiger partial charge is 0.279 e. The van der Waals surface area contributed by atoms with E-state index < -0.39 is 15.7 Å². The summed E-state index contributed by atoms with van der Waals surface area (Å²) < 4.78 is 28.1. The first-order chi connectivity index (χ1) is 6.93. The number of alkyl halides is 2. The van der Waals surface area contributed by atoms with Crippen LogP contribution in [0.5, 0.6) is 0 Å². The molecule has 1 N–H and O–H groups in total. The van der Waals surface area contributed by atoms with Crippen molar-refractivity contribution >= 4 is 42.1 Å². The lowest BCUT2D eigenvalue weighted by Gasteiger charge is -2.28. The van der Waals surface area contributed by atoms with Crippen molar-refractivity contribution in [2.24, 2.45) is 0 Å². The van der Waals surface area contributed by atoms with Gasteiger partial charge in [-0.3, -0.25) is 0 Å². The van der Waals surface area contributed by atoms with Gasteiger partial charge in [0, 0.05) is 23.7 Å². The van der Waals surface area contributed by atoms with Gasteiger partial charge in [0.25, 0.3) is 10.2 Å². The van der Waals surface area contributed by atoms with Gasteiger partial charge in [-0.25, -0.2) is 0 Å². The average Bonchev–Trinajstić information content (AvgIpc) is 2.70. The Balaban J connectivity index is 2.70. The first-order valence-corrected chi connectivity index (χ1v) is 8.53. The normalized spacial score (nSPS) is 19.7. The lowest BCUT2D eigenvalue weighted by molar-refractivity contribution is 0.434. The maximum absolute atomic E-state index is 11.9. The minimum atomic E-state index is -3.32. The zero-order valence-electron chi connectivity index (χ0n) is 8.67. The van der Waals surface area contributed by atoms with Crippen LogP contribution in [0.1, 0.15) is 19.8 Å². The molecular weight excluding hydrogens is 348 g/mol. The Morgan fingerprint density at radius 2 is 1.73 bits per heavy atom. The van der Waals surface area contributed by atoms with Gasteiger partial charge < -0.3 is 0 Å². The summed E-state index contributed by atoms with van der Waals surface area (Å²) in [5.74, 6) is 0. The van der Waals surface area contributed by atoms with Gasteiger partial charge in [-0.05, 0) is 19.8 Å². The molecule has 1 aliphatic heterocycles. The van der Waals surface area contributed by atoms with Crippen LogP contribution in [0.4, 0.5) is 0 Å². The molecule has 0 unspecified atom stereocenters. The summed E-state index contributed by atoms with van der Waals surface area (Å²) in [7, 11) is -3.32. The summed E-state index contributed by atoms with van der Waals surface area (Å²) in [6, 6.07) is 0. The van der Waals surface area contributed by atoms with E-state index in [1.54, 1.807) is 0 Å². The molecule has 0 saturated carbocycles. The highest BCUT2D eigenvalue weighted by atomic mass is 79.9. The molecule has 4 nitrogen and oxygen atoms in total. The Labute approximate surface area is 108 Å². The number of hydrogen-bond acceptors (Lipinski definition) is 2. The summed E-state index contributed by atoms with van der Waals surface area (Å²) in [6.07, 6.45) is 1.92. The quantitative estimate of drug-likeness (QED) is 0.752. The number of nitrogens with one attached hydrogen (secondary N) is 1. The fourth-order valence-electron chi connectivity index (χ4n) is 1.39. The highest BCUT2D eigenvalue weighted by molar-refractivity contribution is 9.09. The SMILES string of the molecule is CC(CBr)(CBr)NS(=O)(=O)N1CCCC1. The van der Waals surface area contributed by atoms with E-state index in [1.807, 2.05) is 6.92 Å². The summed E-state index contributed by atoms with van der Waals surface area (Å²) >= 11 is 6.64. The number of rotatable bonds is 5. The van der Waals surface area contributed by atoms with Crippen LogP contribution in [-0.4, -0.2) is 42.0 Å². The van der Waals surface area contributed by atoms with Crippen LogP contribution in [0.3, 0.4) is 0 Å². The number of hydrogen-bond donors (Lipinski definition) is 1. The highest BCUT2D eigenvalue weighted by Crippen LogP contribution is 2.17. The molecule has 1 rings (SSSR count). The fourth-order valence-corrected chi connectivity index (χ4v) is 4.61. The van der Waals surface area contributed by atoms with Crippen LogP contribution in [0.2, 0.25) is 0 Å². The van der Waals surface area contributed by atoms with Crippen molar-refractivity contribution < 1.29 is 8.42 Å². The first-order valence-electron chi connectivity index (χ1n) is 4.84. The Hall–Kier alpha value is 0.830. The van der Waals surface area contributed by atoms with E-state index in [0.29, 0.717) is 23.7 Å². The van der Waals surface area contributed by atoms with Crippen LogP contribution in [0.25, 0.3) is 0 Å². The molecule has 0 aromatic rings. The maximum Gasteiger partial charge on any atom is 0.279 e. The van der Waals surface area contributed by atoms with Crippen LogP contribution >= 0.6 is 31.9 Å². The first kappa shape index (κ1) is 13.9. The van der Waals surface area contributed by atoms with Crippen LogP contribution in [0, 0.1) is 0 Å². The topological polar surface area (TPSA) is 49.4 Å². The Kier molecular flexibility index (Phi) is 5.04. The molecule has 0 amide bonds. The van der Waals surface area contributed by atoms with Crippen molar-refractivity contribution in [3.8, 4) is 0 Å². The molecule has 0 atom stereocenters. The fraction of sp³-hybridized carbons (Fsp3) is 1.00. The van der Waals surface area contributed by atoms with Crippen molar-refractivity contribution in [1.82, 2.24) is 9.03 Å². The molecule has 0 spiro atoms. The summed E-state index contributed by atoms with van der Waals surface area (Å²) in [6.45, 7) is 3.14. The van der Waals surface area contributed by atoms with E-state index in [2.05, 4.69) is 36.6 Å². The second-order valence-electron chi connectivity index (χ2n) is 4.04. The molecule has 0 aromatic heterocycles. The molecule has 0 aliphatic carbocycles. The van der Waals surface area contributed by atoms with E-state index in [9.17, 15) is 8.42 Å². The predicted molar refractivity (Wildman–Crippen MR) is 68.9 cm³/mol. The average molecular weight is 364 g/mol. The van der Waals surface area contributed by atoms with Gasteiger partial charge in [0.05, 0.1) is 5.54 Å². The molecule has 90 valence electrons. The van der Waals surface area contributed by atoms with Crippen LogP contribution in [0.15, 0.2) is 0 Å². The molecule has 15 heavy (non-hydrogen) atoms. The van der Waals surface area contributed by atoms with E-state index in [4.69, 9.17) is 0 Å². The second kappa shape index (κ2) is 5.44. The van der Waals surface area contributed by atoms with Gasteiger partial charge in [0.1, 0.15) is 0 Å². The molecule has 1 heterocycles. The summed E-state index contributed by atoms with van der Waals surface area (Å²) in [4.78, 5) is 0. The molecule has 0 bridgehead atoms. The Morgan fingerprint density at radius 1 is 1.27 bits per heavy atom. The molecule has 7 heteroatoms. The van der Waals surface area contributed by atoms with Crippen LogP contribution in [-0.2, 0) is 10.2 Å². The Morgan fingerprint density at radius 3 is 2.13 bits per heavy atom. The van der Waals surface area contributed by atoms with Gasteiger partial charge in [-0.2, -0.15) is 17.4 Å². The minimum Gasteiger partial charge on any atom is -0.195 e. The third-order valence-electron chi connectivity index (χ3n) is 2.37. The lowest BCUT2D eigenvalue weighted by atomic mass is 10.1. The lowest BCUT2D eigenvalue weighted by Crippen LogP contribution is -2.53. The standard InChI is InChI=1S/C8H16Br2N2O2S/c1-8(6-9,7-10)11-15(13,14)12-4-2-3-5-12/h11H,2-7H2,1H3. The molecule has 0 aromatic carbocycles. The van der Waals surface area contributed by atoms with Gasteiger partial charge >= 0.3 is 0 Å². The van der Waals surface area contributed by atoms with Crippen molar-refractivity contribution in [3.63, 3.8) is 0 Å². The molecule has 1 saturated heterocycles. The van der Waals surface area contributed by atoms with E-state index in [1.165, 1.54) is 4.31 Å². The number of nitrogens with zero attached hydrogens (tertiary/aromatic N) is 1. The zero-order valence-corrected chi connectivity index (χ0v) is 12.7. The van der Waals surface area contributed by atoms with Crippen LogP contribution < -0.4 is 4.72 Å². The van der Waals surface area contributed by atoms with Crippen molar-refractivity contribution in [2.45, 2.75) is 25.3 Å². The molecule has 0 radical (unpaired) electrons. The van der Waals surface area contributed by atoms with Crippen molar-refractivity contribution in [3.05, 3.63) is 0 Å². The van der Waals surface area contributed by atoms with Crippen molar-refractivity contribution in [2.75, 3.05) is 23.7 Å². The molecular formula is C8H16Br2N2O2S. The van der Waals surface area contributed by atoms with E-state index >= 15 is 0 Å². The molecule has 1 aliphatic rings. The van der Waals surface area contributed by atoms with Gasteiger partial charge in [-0.15, -0.1) is 0 Å². The summed E-state index contributed by atoms with van der Waals surface area (Å²) in [5, 5.41) is 1.16. The second-order valence-corrected chi connectivity index (χ2v) is 6.83. The third kappa shape index (κ3) is 3.66. The van der Waals surface area contributed by atoms with Gasteiger partial charge in [0.2, 0.25) is 0 Å². The monoisotopic (exact) mass is 362 g/mol. The maximum atomic E-state index is 11.9. The smallest absolute Gasteiger partial charge is 0.195 e. The van der Waals surface area contributed by atoms with Crippen molar-refractivity contribution in [1.29, 1.82) is 0 Å². The van der Waals surface area contributed by atoms with E-state index in [-0.39, 0.29) is 0 Å². The van der Waals surface area contributed by atoms with Gasteiger partial charge in [0.15, 0.2) is 0 Å². The van der Waals surface area contributed by atoms with Gasteiger partial charge in [-0.1, -0.05) is 31.9 Å². The summed E-state index contributed by atoms with van der Waals surface area (Å²) in [5.41, 5.74) is -0.471.